The van der Waals surface area contributed by atoms with Gasteiger partial charge >= 0.3 is 6.01 Å². The smallest absolute Gasteiger partial charge is 0.308 e. The number of hydrogen-bond acceptors (Lipinski definition) is 5. The fourth-order valence-corrected chi connectivity index (χ4v) is 4.49. The van der Waals surface area contributed by atoms with Gasteiger partial charge in [0.2, 0.25) is 5.91 Å². The van der Waals surface area contributed by atoms with Crippen LogP contribution in [0.3, 0.4) is 0 Å². The number of piperidine rings is 1. The number of nitrogens with zero attached hydrogens (tertiary/aromatic N) is 4. The van der Waals surface area contributed by atoms with Crippen molar-refractivity contribution in [3.8, 4) is 17.3 Å². The topological polar surface area (TPSA) is 76.2 Å². The molecule has 0 saturated carbocycles. The summed E-state index contributed by atoms with van der Waals surface area (Å²) in [4.78, 5) is 24.1. The minimum Gasteiger partial charge on any atom is -0.427 e. The highest BCUT2D eigenvalue weighted by Gasteiger charge is 2.21. The van der Waals surface area contributed by atoms with Crippen LogP contribution in [0.5, 0.6) is 0 Å². The van der Waals surface area contributed by atoms with Crippen LogP contribution in [0.1, 0.15) is 25.0 Å². The largest absolute Gasteiger partial charge is 0.427 e. The number of benzene rings is 2. The molecule has 5 rings (SSSR count). The third-order valence-electron chi connectivity index (χ3n) is 6.03. The second-order valence-electron chi connectivity index (χ2n) is 8.55. The van der Waals surface area contributed by atoms with Crippen LogP contribution in [-0.4, -0.2) is 51.5 Å². The lowest BCUT2D eigenvalue weighted by atomic mass is 10.1. The summed E-state index contributed by atoms with van der Waals surface area (Å²) < 4.78 is 8.03. The van der Waals surface area contributed by atoms with Gasteiger partial charge in [-0.15, -0.1) is 0 Å². The first-order valence-electron chi connectivity index (χ1n) is 11.2. The van der Waals surface area contributed by atoms with Crippen LogP contribution >= 0.6 is 11.6 Å². The second-order valence-corrected chi connectivity index (χ2v) is 8.98. The Morgan fingerprint density at radius 3 is 2.85 bits per heavy atom. The molecule has 0 spiro atoms. The van der Waals surface area contributed by atoms with Crippen molar-refractivity contribution in [3.63, 3.8) is 0 Å². The van der Waals surface area contributed by atoms with Gasteiger partial charge in [0.1, 0.15) is 17.8 Å². The standard InChI is InChI=1S/C25H26ClN5O2/c1-30-14-4-5-19(15-30)28-23(32)13-12-22-24(17-8-10-18(26)11-9-17)29-25(33-22)31-16-27-20-6-2-3-7-21(20)31/h2-3,6-11,16,19H,4-5,12-15H2,1H3,(H,28,32). The number of amides is 1. The van der Waals surface area contributed by atoms with Crippen LogP contribution in [0.15, 0.2) is 59.3 Å². The Balaban J connectivity index is 1.40. The number of likely N-dealkylation sites (N-methyl/N-ethyl adjacent to an activating group) is 1. The zero-order chi connectivity index (χ0) is 22.8. The van der Waals surface area contributed by atoms with Crippen LogP contribution < -0.4 is 5.32 Å². The molecule has 4 aromatic rings. The molecule has 33 heavy (non-hydrogen) atoms. The fourth-order valence-electron chi connectivity index (χ4n) is 4.37. The van der Waals surface area contributed by atoms with E-state index in [1.54, 1.807) is 6.33 Å². The van der Waals surface area contributed by atoms with E-state index in [0.29, 0.717) is 35.3 Å². The van der Waals surface area contributed by atoms with Gasteiger partial charge in [0.05, 0.1) is 11.0 Å². The van der Waals surface area contributed by atoms with E-state index in [4.69, 9.17) is 21.0 Å². The molecule has 1 saturated heterocycles. The molecular formula is C25H26ClN5O2. The normalized spacial score (nSPS) is 16.8. The number of nitrogens with one attached hydrogen (secondary N) is 1. The number of aromatic nitrogens is 3. The molecule has 1 unspecified atom stereocenters. The van der Waals surface area contributed by atoms with Crippen LogP contribution in [0.25, 0.3) is 28.3 Å². The second kappa shape index (κ2) is 9.37. The van der Waals surface area contributed by atoms with Gasteiger partial charge < -0.3 is 14.6 Å². The van der Waals surface area contributed by atoms with Crippen molar-refractivity contribution >= 4 is 28.5 Å². The Hall–Kier alpha value is -3.16. The number of carbonyl (C=O) groups is 1. The molecule has 2 aromatic heterocycles. The van der Waals surface area contributed by atoms with Crippen molar-refractivity contribution in [2.24, 2.45) is 0 Å². The summed E-state index contributed by atoms with van der Waals surface area (Å²) in [5, 5.41) is 3.82. The van der Waals surface area contributed by atoms with Crippen molar-refractivity contribution in [1.29, 1.82) is 0 Å². The zero-order valence-electron chi connectivity index (χ0n) is 18.5. The highest BCUT2D eigenvalue weighted by molar-refractivity contribution is 6.30. The number of oxazole rings is 1. The first-order chi connectivity index (χ1) is 16.1. The summed E-state index contributed by atoms with van der Waals surface area (Å²) in [6.07, 6.45) is 4.61. The van der Waals surface area contributed by atoms with Gasteiger partial charge in [-0.2, -0.15) is 4.98 Å². The highest BCUT2D eigenvalue weighted by atomic mass is 35.5. The summed E-state index contributed by atoms with van der Waals surface area (Å²) in [6.45, 7) is 1.97. The molecule has 1 aliphatic heterocycles. The Morgan fingerprint density at radius 1 is 1.21 bits per heavy atom. The van der Waals surface area contributed by atoms with E-state index in [2.05, 4.69) is 22.2 Å². The average molecular weight is 464 g/mol. The molecule has 1 N–H and O–H groups in total. The van der Waals surface area contributed by atoms with Crippen molar-refractivity contribution in [2.45, 2.75) is 31.7 Å². The third-order valence-corrected chi connectivity index (χ3v) is 6.28. The Kier molecular flexibility index (Phi) is 6.15. The summed E-state index contributed by atoms with van der Waals surface area (Å²) in [5.74, 6) is 0.699. The minimum atomic E-state index is 0.0309. The van der Waals surface area contributed by atoms with E-state index in [0.717, 1.165) is 42.5 Å². The van der Waals surface area contributed by atoms with Crippen molar-refractivity contribution in [3.05, 3.63) is 65.6 Å². The van der Waals surface area contributed by atoms with Crippen LogP contribution in [0, 0.1) is 0 Å². The quantitative estimate of drug-likeness (QED) is 0.456. The maximum Gasteiger partial charge on any atom is 0.308 e. The van der Waals surface area contributed by atoms with E-state index >= 15 is 0 Å². The number of likely N-dealkylation sites (tertiary alicyclic amines) is 1. The molecule has 8 heteroatoms. The fraction of sp³-hybridized carbons (Fsp3) is 0.320. The highest BCUT2D eigenvalue weighted by Crippen LogP contribution is 2.29. The molecule has 1 aliphatic rings. The lowest BCUT2D eigenvalue weighted by Crippen LogP contribution is -2.46. The number of para-hydroxylation sites is 2. The molecular weight excluding hydrogens is 438 g/mol. The molecule has 0 bridgehead atoms. The molecule has 0 radical (unpaired) electrons. The lowest BCUT2D eigenvalue weighted by molar-refractivity contribution is -0.122. The monoisotopic (exact) mass is 463 g/mol. The van der Waals surface area contributed by atoms with Gasteiger partial charge in [0, 0.05) is 36.0 Å². The number of halogens is 1. The predicted octanol–water partition coefficient (Wildman–Crippen LogP) is 4.48. The average Bonchev–Trinajstić information content (AvgIpc) is 3.42. The number of imidazole rings is 1. The van der Waals surface area contributed by atoms with Gasteiger partial charge in [0.15, 0.2) is 0 Å². The van der Waals surface area contributed by atoms with Gasteiger partial charge in [-0.25, -0.2) is 4.98 Å². The first-order valence-corrected chi connectivity index (χ1v) is 11.6. The van der Waals surface area contributed by atoms with Crippen molar-refractivity contribution in [1.82, 2.24) is 24.8 Å². The van der Waals surface area contributed by atoms with Gasteiger partial charge in [-0.3, -0.25) is 9.36 Å². The molecule has 170 valence electrons. The summed E-state index contributed by atoms with van der Waals surface area (Å²) in [7, 11) is 2.09. The maximum atomic E-state index is 12.7. The Bertz CT molecular complexity index is 1260. The Labute approximate surface area is 197 Å². The van der Waals surface area contributed by atoms with Crippen LogP contribution in [-0.2, 0) is 11.2 Å². The predicted molar refractivity (Wildman–Crippen MR) is 129 cm³/mol. The number of hydrogen-bond donors (Lipinski definition) is 1. The van der Waals surface area contributed by atoms with E-state index in [-0.39, 0.29) is 11.9 Å². The summed E-state index contributed by atoms with van der Waals surface area (Å²) in [5.41, 5.74) is 3.38. The van der Waals surface area contributed by atoms with E-state index in [9.17, 15) is 4.79 Å². The van der Waals surface area contributed by atoms with Crippen LogP contribution in [0.4, 0.5) is 0 Å². The molecule has 1 atom stereocenters. The number of aryl methyl sites for hydroxylation is 1. The van der Waals surface area contributed by atoms with E-state index in [1.807, 2.05) is 53.1 Å². The maximum absolute atomic E-state index is 12.7. The molecule has 7 nitrogen and oxygen atoms in total. The van der Waals surface area contributed by atoms with Crippen molar-refractivity contribution < 1.29 is 9.21 Å². The molecule has 1 fully saturated rings. The molecule has 0 aliphatic carbocycles. The number of carbonyl (C=O) groups excluding carboxylic acids is 1. The van der Waals surface area contributed by atoms with E-state index < -0.39 is 0 Å². The minimum absolute atomic E-state index is 0.0309. The van der Waals surface area contributed by atoms with Gasteiger partial charge in [-0.05, 0) is 50.7 Å². The van der Waals surface area contributed by atoms with Gasteiger partial charge in [0.25, 0.3) is 0 Å². The molecule has 1 amide bonds. The summed E-state index contributed by atoms with van der Waals surface area (Å²) in [6, 6.07) is 15.9. The molecule has 2 aromatic carbocycles. The Morgan fingerprint density at radius 2 is 2.03 bits per heavy atom. The lowest BCUT2D eigenvalue weighted by Gasteiger charge is -2.30. The summed E-state index contributed by atoms with van der Waals surface area (Å²) >= 11 is 6.08. The third kappa shape index (κ3) is 4.79. The van der Waals surface area contributed by atoms with Gasteiger partial charge in [-0.1, -0.05) is 35.9 Å². The zero-order valence-corrected chi connectivity index (χ0v) is 19.3. The molecule has 3 heterocycles. The first kappa shape index (κ1) is 21.7. The van der Waals surface area contributed by atoms with E-state index in [1.165, 1.54) is 0 Å². The van der Waals surface area contributed by atoms with Crippen molar-refractivity contribution in [2.75, 3.05) is 20.1 Å². The number of rotatable bonds is 6. The SMILES string of the molecule is CN1CCCC(NC(=O)CCc2oc(-n3cnc4ccccc43)nc2-c2ccc(Cl)cc2)C1. The van der Waals surface area contributed by atoms with Crippen LogP contribution in [0.2, 0.25) is 5.02 Å². The number of fused-ring (bicyclic) bond motifs is 1.